The van der Waals surface area contributed by atoms with Crippen LogP contribution in [-0.2, 0) is 6.61 Å². The van der Waals surface area contributed by atoms with Gasteiger partial charge in [-0.25, -0.2) is 4.39 Å². The number of benzene rings is 2. The van der Waals surface area contributed by atoms with Crippen molar-refractivity contribution in [2.45, 2.75) is 13.5 Å². The molecule has 0 aliphatic heterocycles. The third-order valence-corrected chi connectivity index (χ3v) is 2.52. The summed E-state index contributed by atoms with van der Waals surface area (Å²) in [5.41, 5.74) is 6.66. The van der Waals surface area contributed by atoms with Gasteiger partial charge in [0.15, 0.2) is 0 Å². The van der Waals surface area contributed by atoms with E-state index in [2.05, 4.69) is 0 Å². The van der Waals surface area contributed by atoms with Gasteiger partial charge >= 0.3 is 0 Å². The Morgan fingerprint density at radius 2 is 1.63 bits per heavy atom. The highest BCUT2D eigenvalue weighted by Gasteiger charge is 2.01. The van der Waals surface area contributed by atoms with Crippen LogP contribution in [0.5, 0.6) is 11.5 Å². The number of rotatable bonds is 5. The van der Waals surface area contributed by atoms with E-state index in [0.29, 0.717) is 23.6 Å². The van der Waals surface area contributed by atoms with Gasteiger partial charge in [-0.15, -0.1) is 0 Å². The van der Waals surface area contributed by atoms with E-state index in [-0.39, 0.29) is 12.4 Å². The molecule has 2 aromatic carbocycles. The maximum Gasteiger partial charge on any atom is 0.125 e. The fraction of sp³-hybridized carbons (Fsp3) is 0.200. The minimum Gasteiger partial charge on any atom is -0.494 e. The van der Waals surface area contributed by atoms with Crippen molar-refractivity contribution in [2.24, 2.45) is 0 Å². The molecule has 4 heteroatoms. The van der Waals surface area contributed by atoms with Gasteiger partial charge in [-0.05, 0) is 55.0 Å². The van der Waals surface area contributed by atoms with Gasteiger partial charge in [0.1, 0.15) is 23.9 Å². The first-order valence-electron chi connectivity index (χ1n) is 6.08. The molecule has 0 saturated carbocycles. The summed E-state index contributed by atoms with van der Waals surface area (Å²) in [7, 11) is 0. The monoisotopic (exact) mass is 261 g/mol. The van der Waals surface area contributed by atoms with Crippen molar-refractivity contribution in [1.29, 1.82) is 0 Å². The second kappa shape index (κ2) is 6.09. The molecule has 2 aromatic rings. The van der Waals surface area contributed by atoms with Crippen molar-refractivity contribution >= 4 is 5.69 Å². The number of anilines is 1. The molecular formula is C15H16FNO2. The number of hydrogen-bond donors (Lipinski definition) is 1. The lowest BCUT2D eigenvalue weighted by molar-refractivity contribution is 0.303. The van der Waals surface area contributed by atoms with E-state index in [1.165, 1.54) is 12.1 Å². The van der Waals surface area contributed by atoms with Crippen LogP contribution in [0.1, 0.15) is 12.5 Å². The first-order valence-corrected chi connectivity index (χ1v) is 6.08. The topological polar surface area (TPSA) is 44.5 Å². The smallest absolute Gasteiger partial charge is 0.125 e. The van der Waals surface area contributed by atoms with Crippen LogP contribution in [0.15, 0.2) is 42.5 Å². The van der Waals surface area contributed by atoms with Crippen molar-refractivity contribution in [1.82, 2.24) is 0 Å². The third kappa shape index (κ3) is 3.88. The molecule has 0 spiro atoms. The van der Waals surface area contributed by atoms with Gasteiger partial charge in [-0.3, -0.25) is 0 Å². The maximum atomic E-state index is 13.1. The number of halogens is 1. The Labute approximate surface area is 111 Å². The fourth-order valence-electron chi connectivity index (χ4n) is 1.72. The van der Waals surface area contributed by atoms with E-state index < -0.39 is 0 Å². The summed E-state index contributed by atoms with van der Waals surface area (Å²) >= 11 is 0. The Balaban J connectivity index is 1.98. The number of nitrogen functional groups attached to an aromatic ring is 1. The predicted molar refractivity (Wildman–Crippen MR) is 72.8 cm³/mol. The molecule has 0 radical (unpaired) electrons. The van der Waals surface area contributed by atoms with Gasteiger partial charge in [-0.2, -0.15) is 0 Å². The lowest BCUT2D eigenvalue weighted by Crippen LogP contribution is -1.98. The zero-order chi connectivity index (χ0) is 13.7. The summed E-state index contributed by atoms with van der Waals surface area (Å²) < 4.78 is 24.0. The van der Waals surface area contributed by atoms with Crippen molar-refractivity contribution in [3.05, 3.63) is 53.8 Å². The van der Waals surface area contributed by atoms with Crippen LogP contribution in [-0.4, -0.2) is 6.61 Å². The van der Waals surface area contributed by atoms with Crippen LogP contribution < -0.4 is 15.2 Å². The van der Waals surface area contributed by atoms with Gasteiger partial charge in [0.2, 0.25) is 0 Å². The Bertz CT molecular complexity index is 520. The summed E-state index contributed by atoms with van der Waals surface area (Å²) in [6.45, 7) is 2.83. The molecule has 19 heavy (non-hydrogen) atoms. The SMILES string of the molecule is CCOc1ccc(OCc2cc(N)cc(F)c2)cc1. The molecule has 0 bridgehead atoms. The molecule has 0 fully saturated rings. The van der Waals surface area contributed by atoms with Crippen molar-refractivity contribution in [2.75, 3.05) is 12.3 Å². The molecule has 0 heterocycles. The first-order chi connectivity index (χ1) is 9.17. The van der Waals surface area contributed by atoms with Crippen molar-refractivity contribution in [3.63, 3.8) is 0 Å². The van der Waals surface area contributed by atoms with E-state index in [1.807, 2.05) is 31.2 Å². The first kappa shape index (κ1) is 13.2. The maximum absolute atomic E-state index is 13.1. The van der Waals surface area contributed by atoms with E-state index in [1.54, 1.807) is 6.07 Å². The highest BCUT2D eigenvalue weighted by Crippen LogP contribution is 2.19. The van der Waals surface area contributed by atoms with Crippen LogP contribution in [0.2, 0.25) is 0 Å². The minimum atomic E-state index is -0.356. The van der Waals surface area contributed by atoms with E-state index in [4.69, 9.17) is 15.2 Å². The van der Waals surface area contributed by atoms with Crippen LogP contribution in [0.25, 0.3) is 0 Å². The van der Waals surface area contributed by atoms with Crippen molar-refractivity contribution in [3.8, 4) is 11.5 Å². The van der Waals surface area contributed by atoms with Gasteiger partial charge in [0.25, 0.3) is 0 Å². The Hall–Kier alpha value is -2.23. The molecule has 0 aliphatic carbocycles. The van der Waals surface area contributed by atoms with Crippen LogP contribution in [0, 0.1) is 5.82 Å². The van der Waals surface area contributed by atoms with Crippen LogP contribution in [0.3, 0.4) is 0 Å². The largest absolute Gasteiger partial charge is 0.494 e. The van der Waals surface area contributed by atoms with Gasteiger partial charge in [-0.1, -0.05) is 0 Å². The predicted octanol–water partition coefficient (Wildman–Crippen LogP) is 3.39. The Kier molecular flexibility index (Phi) is 4.23. The van der Waals surface area contributed by atoms with E-state index >= 15 is 0 Å². The summed E-state index contributed by atoms with van der Waals surface area (Å²) in [5.74, 6) is 1.14. The highest BCUT2D eigenvalue weighted by molar-refractivity contribution is 5.41. The summed E-state index contributed by atoms with van der Waals surface area (Å²) in [6.07, 6.45) is 0. The number of hydrogen-bond acceptors (Lipinski definition) is 3. The minimum absolute atomic E-state index is 0.274. The molecule has 0 amide bonds. The second-order valence-electron chi connectivity index (χ2n) is 4.09. The molecule has 0 aromatic heterocycles. The average Bonchev–Trinajstić information content (AvgIpc) is 2.37. The molecule has 2 N–H and O–H groups in total. The van der Waals surface area contributed by atoms with E-state index in [0.717, 1.165) is 5.75 Å². The van der Waals surface area contributed by atoms with E-state index in [9.17, 15) is 4.39 Å². The standard InChI is InChI=1S/C15H16FNO2/c1-2-18-14-3-5-15(6-4-14)19-10-11-7-12(16)9-13(17)8-11/h3-9H,2,10,17H2,1H3. The average molecular weight is 261 g/mol. The normalized spacial score (nSPS) is 10.2. The molecule has 3 nitrogen and oxygen atoms in total. The Morgan fingerprint density at radius 1 is 1.00 bits per heavy atom. The molecule has 0 unspecified atom stereocenters. The third-order valence-electron chi connectivity index (χ3n) is 2.52. The van der Waals surface area contributed by atoms with Crippen molar-refractivity contribution < 1.29 is 13.9 Å². The van der Waals surface area contributed by atoms with Crippen LogP contribution in [0.4, 0.5) is 10.1 Å². The number of nitrogens with two attached hydrogens (primary N) is 1. The summed E-state index contributed by atoms with van der Waals surface area (Å²) in [5, 5.41) is 0. The summed E-state index contributed by atoms with van der Waals surface area (Å²) in [4.78, 5) is 0. The zero-order valence-electron chi connectivity index (χ0n) is 10.7. The zero-order valence-corrected chi connectivity index (χ0v) is 10.7. The molecular weight excluding hydrogens is 245 g/mol. The number of ether oxygens (including phenoxy) is 2. The lowest BCUT2D eigenvalue weighted by Gasteiger charge is -2.08. The molecule has 2 rings (SSSR count). The molecule has 100 valence electrons. The van der Waals surface area contributed by atoms with Gasteiger partial charge < -0.3 is 15.2 Å². The molecule has 0 atom stereocenters. The molecule has 0 aliphatic rings. The quantitative estimate of drug-likeness (QED) is 0.839. The fourth-order valence-corrected chi connectivity index (χ4v) is 1.72. The Morgan fingerprint density at radius 3 is 2.21 bits per heavy atom. The van der Waals surface area contributed by atoms with Gasteiger partial charge in [0, 0.05) is 5.69 Å². The summed E-state index contributed by atoms with van der Waals surface area (Å²) in [6, 6.07) is 11.7. The highest BCUT2D eigenvalue weighted by atomic mass is 19.1. The van der Waals surface area contributed by atoms with Gasteiger partial charge in [0.05, 0.1) is 6.61 Å². The second-order valence-corrected chi connectivity index (χ2v) is 4.09. The van der Waals surface area contributed by atoms with Crippen LogP contribution >= 0.6 is 0 Å². The molecule has 0 saturated heterocycles. The lowest BCUT2D eigenvalue weighted by atomic mass is 10.2.